The van der Waals surface area contributed by atoms with Gasteiger partial charge in [0, 0.05) is 0 Å². The van der Waals surface area contributed by atoms with Crippen LogP contribution in [0, 0.1) is 0 Å². The lowest BCUT2D eigenvalue weighted by Crippen LogP contribution is -2.25. The number of carbonyl (C=O) groups is 1. The van der Waals surface area contributed by atoms with Crippen LogP contribution in [0.2, 0.25) is 0 Å². The fraction of sp³-hybridized carbons (Fsp3) is 0.958. The average Bonchev–Trinajstić information content (AvgIpc) is 2.68. The first-order valence-corrected chi connectivity index (χ1v) is 12.2. The zero-order chi connectivity index (χ0) is 21.6. The molecular formula is C24H45F3O2. The van der Waals surface area contributed by atoms with E-state index in [1.54, 1.807) is 0 Å². The summed E-state index contributed by atoms with van der Waals surface area (Å²) in [6.07, 6.45) is 20.4. The molecule has 0 aromatic rings. The third kappa shape index (κ3) is 21.8. The lowest BCUT2D eigenvalue weighted by molar-refractivity contribution is -0.199. The third-order valence-electron chi connectivity index (χ3n) is 5.46. The maximum Gasteiger partial charge on any atom is 0.490 e. The number of alkyl halides is 3. The van der Waals surface area contributed by atoms with Gasteiger partial charge in [-0.1, -0.05) is 129 Å². The van der Waals surface area contributed by atoms with Crippen LogP contribution in [0.5, 0.6) is 0 Å². The van der Waals surface area contributed by atoms with Crippen molar-refractivity contribution in [2.45, 2.75) is 142 Å². The first-order valence-electron chi connectivity index (χ1n) is 12.2. The van der Waals surface area contributed by atoms with Crippen LogP contribution in [0.1, 0.15) is 135 Å². The van der Waals surface area contributed by atoms with E-state index < -0.39 is 12.1 Å². The van der Waals surface area contributed by atoms with Gasteiger partial charge in [0.1, 0.15) is 0 Å². The van der Waals surface area contributed by atoms with Crippen LogP contribution < -0.4 is 0 Å². The molecule has 0 N–H and O–H groups in total. The highest BCUT2D eigenvalue weighted by molar-refractivity contribution is 5.75. The van der Waals surface area contributed by atoms with Gasteiger partial charge in [-0.15, -0.1) is 0 Å². The Labute approximate surface area is 177 Å². The molecule has 174 valence electrons. The topological polar surface area (TPSA) is 26.3 Å². The molecule has 0 fully saturated rings. The number of esters is 1. The first-order chi connectivity index (χ1) is 14.0. The first kappa shape index (κ1) is 28.3. The number of carbonyl (C=O) groups excluding carboxylic acids is 1. The van der Waals surface area contributed by atoms with E-state index in [-0.39, 0.29) is 6.61 Å². The van der Waals surface area contributed by atoms with Crippen LogP contribution in [-0.2, 0) is 9.53 Å². The van der Waals surface area contributed by atoms with Crippen LogP contribution in [0.15, 0.2) is 0 Å². The van der Waals surface area contributed by atoms with Gasteiger partial charge in [-0.2, -0.15) is 13.2 Å². The van der Waals surface area contributed by atoms with Crippen LogP contribution >= 0.6 is 0 Å². The molecule has 29 heavy (non-hydrogen) atoms. The van der Waals surface area contributed by atoms with Crippen LogP contribution in [0.4, 0.5) is 13.2 Å². The largest absolute Gasteiger partial charge is 0.490 e. The molecule has 0 spiro atoms. The van der Waals surface area contributed by atoms with Crippen molar-refractivity contribution in [2.24, 2.45) is 0 Å². The second-order valence-corrected chi connectivity index (χ2v) is 8.35. The second-order valence-electron chi connectivity index (χ2n) is 8.35. The van der Waals surface area contributed by atoms with Gasteiger partial charge < -0.3 is 4.74 Å². The highest BCUT2D eigenvalue weighted by atomic mass is 19.4. The summed E-state index contributed by atoms with van der Waals surface area (Å²) in [5.41, 5.74) is 0. The van der Waals surface area contributed by atoms with E-state index in [0.29, 0.717) is 6.42 Å². The zero-order valence-corrected chi connectivity index (χ0v) is 18.8. The molecule has 0 aromatic heterocycles. The Kier molecular flexibility index (Phi) is 20.0. The van der Waals surface area contributed by atoms with Gasteiger partial charge >= 0.3 is 12.1 Å². The van der Waals surface area contributed by atoms with Gasteiger partial charge in [-0.3, -0.25) is 0 Å². The number of halogens is 3. The molecule has 0 atom stereocenters. The van der Waals surface area contributed by atoms with Crippen molar-refractivity contribution in [3.8, 4) is 0 Å². The van der Waals surface area contributed by atoms with Crippen molar-refractivity contribution in [3.63, 3.8) is 0 Å². The molecule has 0 radical (unpaired) electrons. The van der Waals surface area contributed by atoms with E-state index in [9.17, 15) is 18.0 Å². The predicted octanol–water partition coefficient (Wildman–Crippen LogP) is 8.91. The maximum absolute atomic E-state index is 11.9. The van der Waals surface area contributed by atoms with Crippen LogP contribution in [-0.4, -0.2) is 18.8 Å². The molecule has 0 unspecified atom stereocenters. The SMILES string of the molecule is CCCCCCCCCCCCCCCCCCCCCCOC(=O)C(F)(F)F. The second kappa shape index (κ2) is 20.5. The van der Waals surface area contributed by atoms with Crippen molar-refractivity contribution in [1.82, 2.24) is 0 Å². The molecule has 0 saturated carbocycles. The quantitative estimate of drug-likeness (QED) is 0.136. The summed E-state index contributed by atoms with van der Waals surface area (Å²) in [6, 6.07) is 0. The molecule has 0 aliphatic carbocycles. The third-order valence-corrected chi connectivity index (χ3v) is 5.46. The van der Waals surface area contributed by atoms with E-state index in [4.69, 9.17) is 0 Å². The molecule has 5 heteroatoms. The number of hydrogen-bond acceptors (Lipinski definition) is 2. The summed E-state index contributed by atoms with van der Waals surface area (Å²) in [5.74, 6) is -2.07. The molecule has 0 amide bonds. The molecular weight excluding hydrogens is 377 g/mol. The molecule has 0 aliphatic rings. The molecule has 0 heterocycles. The standard InChI is InChI=1S/C24H45F3O2/c1-2-3-4-5-6-7-8-9-10-11-12-13-14-15-16-17-18-19-20-21-22-29-23(28)24(25,26)27/h2-22H2,1H3. The number of ether oxygens (including phenoxy) is 1. The molecule has 0 rings (SSSR count). The summed E-state index contributed by atoms with van der Waals surface area (Å²) in [6.45, 7) is 2.14. The smallest absolute Gasteiger partial charge is 0.459 e. The van der Waals surface area contributed by atoms with Crippen LogP contribution in [0.25, 0.3) is 0 Å². The van der Waals surface area contributed by atoms with Gasteiger partial charge in [0.2, 0.25) is 0 Å². The van der Waals surface area contributed by atoms with E-state index in [1.807, 2.05) is 0 Å². The summed E-state index contributed by atoms with van der Waals surface area (Å²) in [5, 5.41) is 0. The minimum Gasteiger partial charge on any atom is -0.459 e. The number of unbranched alkanes of at least 4 members (excludes halogenated alkanes) is 19. The lowest BCUT2D eigenvalue weighted by Gasteiger charge is -2.07. The van der Waals surface area contributed by atoms with Crippen molar-refractivity contribution in [1.29, 1.82) is 0 Å². The fourth-order valence-corrected chi connectivity index (χ4v) is 3.60. The Bertz CT molecular complexity index is 357. The van der Waals surface area contributed by atoms with Crippen molar-refractivity contribution in [2.75, 3.05) is 6.61 Å². The monoisotopic (exact) mass is 422 g/mol. The summed E-state index contributed by atoms with van der Waals surface area (Å²) in [7, 11) is 0. The summed E-state index contributed by atoms with van der Waals surface area (Å²) in [4.78, 5) is 10.5. The molecule has 0 aliphatic heterocycles. The van der Waals surface area contributed by atoms with E-state index in [0.717, 1.165) is 19.3 Å². The maximum atomic E-state index is 11.9. The normalized spacial score (nSPS) is 11.7. The minimum absolute atomic E-state index is 0.128. The van der Waals surface area contributed by atoms with Gasteiger partial charge in [0.25, 0.3) is 0 Å². The van der Waals surface area contributed by atoms with E-state index in [1.165, 1.54) is 103 Å². The molecule has 0 bridgehead atoms. The molecule has 0 aromatic carbocycles. The fourth-order valence-electron chi connectivity index (χ4n) is 3.60. The Morgan fingerprint density at radius 3 is 1.10 bits per heavy atom. The van der Waals surface area contributed by atoms with Gasteiger partial charge in [-0.05, 0) is 6.42 Å². The highest BCUT2D eigenvalue weighted by Gasteiger charge is 2.40. The van der Waals surface area contributed by atoms with Gasteiger partial charge in [-0.25, -0.2) is 4.79 Å². The average molecular weight is 423 g/mol. The predicted molar refractivity (Wildman–Crippen MR) is 115 cm³/mol. The summed E-state index contributed by atoms with van der Waals surface area (Å²) < 4.78 is 40.0. The molecule has 0 saturated heterocycles. The van der Waals surface area contributed by atoms with Crippen molar-refractivity contribution in [3.05, 3.63) is 0 Å². The number of hydrogen-bond donors (Lipinski definition) is 0. The zero-order valence-electron chi connectivity index (χ0n) is 18.8. The van der Waals surface area contributed by atoms with Gasteiger partial charge in [0.05, 0.1) is 6.61 Å². The van der Waals surface area contributed by atoms with E-state index >= 15 is 0 Å². The van der Waals surface area contributed by atoms with Crippen LogP contribution in [0.3, 0.4) is 0 Å². The minimum atomic E-state index is -4.87. The lowest BCUT2D eigenvalue weighted by atomic mass is 10.0. The van der Waals surface area contributed by atoms with Gasteiger partial charge in [0.15, 0.2) is 0 Å². The van der Waals surface area contributed by atoms with E-state index in [2.05, 4.69) is 11.7 Å². The Morgan fingerprint density at radius 1 is 0.552 bits per heavy atom. The Morgan fingerprint density at radius 2 is 0.828 bits per heavy atom. The van der Waals surface area contributed by atoms with Crippen molar-refractivity contribution >= 4 is 5.97 Å². The van der Waals surface area contributed by atoms with Crippen molar-refractivity contribution < 1.29 is 22.7 Å². The summed E-state index contributed by atoms with van der Waals surface area (Å²) >= 11 is 0. The highest BCUT2D eigenvalue weighted by Crippen LogP contribution is 2.17. The Hall–Kier alpha value is -0.740. The number of rotatable bonds is 21. The Balaban J connectivity index is 3.09. The molecule has 2 nitrogen and oxygen atoms in total.